The summed E-state index contributed by atoms with van der Waals surface area (Å²) in [7, 11) is 0. The van der Waals surface area contributed by atoms with Crippen LogP contribution in [0.2, 0.25) is 0 Å². The lowest BCUT2D eigenvalue weighted by Crippen LogP contribution is -2.33. The van der Waals surface area contributed by atoms with Crippen LogP contribution in [-0.4, -0.2) is 6.54 Å². The second-order valence-electron chi connectivity index (χ2n) is 5.72. The average molecular weight is 304 g/mol. The van der Waals surface area contributed by atoms with Crippen molar-refractivity contribution < 1.29 is 0 Å². The number of hydrogen-bond donors (Lipinski definition) is 1. The van der Waals surface area contributed by atoms with Crippen molar-refractivity contribution >= 4 is 21.4 Å². The molecule has 0 saturated heterocycles. The van der Waals surface area contributed by atoms with Crippen LogP contribution in [0.3, 0.4) is 0 Å². The molecular formula is C19H16N2S. The van der Waals surface area contributed by atoms with Crippen LogP contribution in [0, 0.1) is 11.3 Å². The lowest BCUT2D eigenvalue weighted by atomic mass is 9.82. The van der Waals surface area contributed by atoms with Gasteiger partial charge >= 0.3 is 0 Å². The number of thiophene rings is 1. The SMILES string of the molecule is N#CCC1NCC(c2ccc3sccc3c2)c2ccccc21. The molecule has 0 fully saturated rings. The van der Waals surface area contributed by atoms with E-state index in [1.165, 1.54) is 26.8 Å². The van der Waals surface area contributed by atoms with Crippen LogP contribution in [0.4, 0.5) is 0 Å². The van der Waals surface area contributed by atoms with Crippen molar-refractivity contribution in [3.05, 3.63) is 70.6 Å². The van der Waals surface area contributed by atoms with Gasteiger partial charge in [0.2, 0.25) is 0 Å². The molecule has 0 saturated carbocycles. The van der Waals surface area contributed by atoms with Gasteiger partial charge in [-0.3, -0.25) is 0 Å². The van der Waals surface area contributed by atoms with E-state index in [0.29, 0.717) is 12.3 Å². The number of rotatable bonds is 2. The zero-order valence-corrected chi connectivity index (χ0v) is 12.9. The summed E-state index contributed by atoms with van der Waals surface area (Å²) in [5.41, 5.74) is 3.98. The predicted molar refractivity (Wildman–Crippen MR) is 91.1 cm³/mol. The van der Waals surface area contributed by atoms with Gasteiger partial charge in [-0.15, -0.1) is 11.3 Å². The van der Waals surface area contributed by atoms with Crippen molar-refractivity contribution in [2.24, 2.45) is 0 Å². The standard InChI is InChI=1S/C19H16N2S/c20-9-7-18-16-4-2-1-3-15(16)17(12-21-18)13-5-6-19-14(11-13)8-10-22-19/h1-6,8,10-11,17-18,21H,7,12H2. The minimum absolute atomic E-state index is 0.155. The van der Waals surface area contributed by atoms with E-state index in [2.05, 4.69) is 65.3 Å². The van der Waals surface area contributed by atoms with Crippen LogP contribution in [0.15, 0.2) is 53.9 Å². The topological polar surface area (TPSA) is 35.8 Å². The lowest BCUT2D eigenvalue weighted by molar-refractivity contribution is 0.485. The summed E-state index contributed by atoms with van der Waals surface area (Å²) in [5, 5.41) is 16.0. The molecule has 0 spiro atoms. The molecule has 3 aromatic rings. The van der Waals surface area contributed by atoms with Crippen LogP contribution < -0.4 is 5.32 Å². The van der Waals surface area contributed by atoms with E-state index in [1.807, 2.05) is 0 Å². The Kier molecular flexibility index (Phi) is 3.42. The molecular weight excluding hydrogens is 288 g/mol. The van der Waals surface area contributed by atoms with E-state index in [-0.39, 0.29) is 6.04 Å². The molecule has 22 heavy (non-hydrogen) atoms. The molecule has 1 aromatic heterocycles. The van der Waals surface area contributed by atoms with Crippen molar-refractivity contribution in [1.82, 2.24) is 5.32 Å². The predicted octanol–water partition coefficient (Wildman–Crippen LogP) is 4.59. The molecule has 0 bridgehead atoms. The van der Waals surface area contributed by atoms with E-state index in [9.17, 15) is 0 Å². The normalized spacial score (nSPS) is 20.5. The molecule has 1 N–H and O–H groups in total. The van der Waals surface area contributed by atoms with E-state index >= 15 is 0 Å². The summed E-state index contributed by atoms with van der Waals surface area (Å²) < 4.78 is 1.34. The number of fused-ring (bicyclic) bond motifs is 2. The molecule has 0 amide bonds. The third-order valence-corrected chi connectivity index (χ3v) is 5.39. The third-order valence-electron chi connectivity index (χ3n) is 4.49. The van der Waals surface area contributed by atoms with Crippen LogP contribution in [0.25, 0.3) is 10.1 Å². The monoisotopic (exact) mass is 304 g/mol. The Morgan fingerprint density at radius 2 is 2.00 bits per heavy atom. The molecule has 2 heterocycles. The first-order valence-electron chi connectivity index (χ1n) is 7.53. The van der Waals surface area contributed by atoms with Crippen molar-refractivity contribution in [1.29, 1.82) is 5.26 Å². The van der Waals surface area contributed by atoms with E-state index in [0.717, 1.165) is 6.54 Å². The van der Waals surface area contributed by atoms with E-state index < -0.39 is 0 Å². The van der Waals surface area contributed by atoms with Crippen molar-refractivity contribution in [2.75, 3.05) is 6.54 Å². The second-order valence-corrected chi connectivity index (χ2v) is 6.67. The van der Waals surface area contributed by atoms with E-state index in [4.69, 9.17) is 5.26 Å². The highest BCUT2D eigenvalue weighted by Crippen LogP contribution is 2.36. The summed E-state index contributed by atoms with van der Waals surface area (Å²) in [5.74, 6) is 0.357. The highest BCUT2D eigenvalue weighted by molar-refractivity contribution is 7.17. The summed E-state index contributed by atoms with van der Waals surface area (Å²) in [4.78, 5) is 0. The fourth-order valence-corrected chi connectivity index (χ4v) is 4.17. The van der Waals surface area contributed by atoms with Crippen LogP contribution >= 0.6 is 11.3 Å². The van der Waals surface area contributed by atoms with Gasteiger partial charge in [-0.2, -0.15) is 5.26 Å². The van der Waals surface area contributed by atoms with E-state index in [1.54, 1.807) is 11.3 Å². The van der Waals surface area contributed by atoms with Gasteiger partial charge in [-0.05, 0) is 45.7 Å². The maximum Gasteiger partial charge on any atom is 0.0641 e. The fraction of sp³-hybridized carbons (Fsp3) is 0.211. The summed E-state index contributed by atoms with van der Waals surface area (Å²) in [6.07, 6.45) is 0.521. The highest BCUT2D eigenvalue weighted by atomic mass is 32.1. The summed E-state index contributed by atoms with van der Waals surface area (Å²) in [6, 6.07) is 19.9. The van der Waals surface area contributed by atoms with Crippen LogP contribution in [-0.2, 0) is 0 Å². The molecule has 2 aromatic carbocycles. The Bertz CT molecular complexity index is 859. The molecule has 4 rings (SSSR count). The molecule has 2 nitrogen and oxygen atoms in total. The molecule has 0 aliphatic carbocycles. The molecule has 1 aliphatic rings. The van der Waals surface area contributed by atoms with Crippen molar-refractivity contribution in [3.8, 4) is 6.07 Å². The Morgan fingerprint density at radius 1 is 1.14 bits per heavy atom. The minimum atomic E-state index is 0.155. The first kappa shape index (κ1) is 13.5. The van der Waals surface area contributed by atoms with Gasteiger partial charge in [0.15, 0.2) is 0 Å². The Labute approximate surface area is 134 Å². The molecule has 2 atom stereocenters. The zero-order valence-electron chi connectivity index (χ0n) is 12.1. The molecule has 1 aliphatic heterocycles. The maximum atomic E-state index is 9.03. The number of hydrogen-bond acceptors (Lipinski definition) is 3. The molecule has 2 unspecified atom stereocenters. The zero-order chi connectivity index (χ0) is 14.9. The maximum absolute atomic E-state index is 9.03. The van der Waals surface area contributed by atoms with Gasteiger partial charge in [-0.1, -0.05) is 30.3 Å². The van der Waals surface area contributed by atoms with Gasteiger partial charge < -0.3 is 5.32 Å². The number of nitrogens with one attached hydrogen (secondary N) is 1. The molecule has 0 radical (unpaired) electrons. The number of nitriles is 1. The summed E-state index contributed by atoms with van der Waals surface area (Å²) >= 11 is 1.78. The van der Waals surface area contributed by atoms with Crippen LogP contribution in [0.1, 0.15) is 35.1 Å². The number of benzene rings is 2. The Balaban J connectivity index is 1.79. The van der Waals surface area contributed by atoms with Gasteiger partial charge in [0, 0.05) is 23.2 Å². The lowest BCUT2D eigenvalue weighted by Gasteiger charge is -2.32. The largest absolute Gasteiger partial charge is 0.308 e. The van der Waals surface area contributed by atoms with Crippen molar-refractivity contribution in [3.63, 3.8) is 0 Å². The number of nitrogens with zero attached hydrogens (tertiary/aromatic N) is 1. The fourth-order valence-electron chi connectivity index (χ4n) is 3.40. The molecule has 3 heteroatoms. The second kappa shape index (κ2) is 5.57. The Morgan fingerprint density at radius 3 is 2.86 bits per heavy atom. The smallest absolute Gasteiger partial charge is 0.0641 e. The van der Waals surface area contributed by atoms with Gasteiger partial charge in [0.05, 0.1) is 12.5 Å². The Hall–Kier alpha value is -2.15. The first-order chi connectivity index (χ1) is 10.9. The van der Waals surface area contributed by atoms with Crippen molar-refractivity contribution in [2.45, 2.75) is 18.4 Å². The minimum Gasteiger partial charge on any atom is -0.308 e. The third kappa shape index (κ3) is 2.21. The quantitative estimate of drug-likeness (QED) is 0.751. The highest BCUT2D eigenvalue weighted by Gasteiger charge is 2.27. The summed E-state index contributed by atoms with van der Waals surface area (Å²) in [6.45, 7) is 0.888. The van der Waals surface area contributed by atoms with Crippen LogP contribution in [0.5, 0.6) is 0 Å². The molecule has 108 valence electrons. The van der Waals surface area contributed by atoms with Gasteiger partial charge in [-0.25, -0.2) is 0 Å². The average Bonchev–Trinajstić information content (AvgIpc) is 3.03. The van der Waals surface area contributed by atoms with Gasteiger partial charge in [0.25, 0.3) is 0 Å². The first-order valence-corrected chi connectivity index (χ1v) is 8.41. The van der Waals surface area contributed by atoms with Gasteiger partial charge in [0.1, 0.15) is 0 Å².